The van der Waals surface area contributed by atoms with Crippen LogP contribution < -0.4 is 10.2 Å². The summed E-state index contributed by atoms with van der Waals surface area (Å²) in [5, 5.41) is 3.49. The predicted molar refractivity (Wildman–Crippen MR) is 134 cm³/mol. The third-order valence-electron chi connectivity index (χ3n) is 6.18. The van der Waals surface area contributed by atoms with Crippen LogP contribution in [0.1, 0.15) is 63.5 Å². The van der Waals surface area contributed by atoms with Gasteiger partial charge in [0.1, 0.15) is 0 Å². The summed E-state index contributed by atoms with van der Waals surface area (Å²) < 4.78 is 0. The van der Waals surface area contributed by atoms with Crippen molar-refractivity contribution in [3.63, 3.8) is 0 Å². The van der Waals surface area contributed by atoms with E-state index < -0.39 is 0 Å². The van der Waals surface area contributed by atoms with Gasteiger partial charge in [-0.3, -0.25) is 4.98 Å². The zero-order valence-corrected chi connectivity index (χ0v) is 20.0. The Labute approximate surface area is 196 Å². The van der Waals surface area contributed by atoms with Crippen molar-refractivity contribution < 1.29 is 0 Å². The van der Waals surface area contributed by atoms with Crippen molar-refractivity contribution in [2.45, 2.75) is 68.4 Å². The molecule has 1 aromatic rings. The predicted octanol–water partition coefficient (Wildman–Crippen LogP) is 6.94. The van der Waals surface area contributed by atoms with Crippen LogP contribution in [0.3, 0.4) is 0 Å². The summed E-state index contributed by atoms with van der Waals surface area (Å²) in [5.41, 5.74) is 3.57. The van der Waals surface area contributed by atoms with Crippen molar-refractivity contribution >= 4 is 41.5 Å². The summed E-state index contributed by atoms with van der Waals surface area (Å²) >= 11 is 8.94. The second kappa shape index (κ2) is 11.5. The highest BCUT2D eigenvalue weighted by molar-refractivity contribution is 8.02. The summed E-state index contributed by atoms with van der Waals surface area (Å²) in [6.45, 7) is 2.32. The van der Waals surface area contributed by atoms with Gasteiger partial charge in [0.15, 0.2) is 0 Å². The van der Waals surface area contributed by atoms with Gasteiger partial charge in [0.25, 0.3) is 0 Å². The van der Waals surface area contributed by atoms with Crippen molar-refractivity contribution in [2.75, 3.05) is 18.0 Å². The molecule has 0 spiro atoms. The van der Waals surface area contributed by atoms with Crippen LogP contribution in [-0.4, -0.2) is 22.9 Å². The number of nitrogens with one attached hydrogen (secondary N) is 1. The van der Waals surface area contributed by atoms with E-state index in [0.717, 1.165) is 37.4 Å². The van der Waals surface area contributed by atoms with Gasteiger partial charge in [-0.25, -0.2) is 0 Å². The van der Waals surface area contributed by atoms with Crippen molar-refractivity contribution in [2.24, 2.45) is 0 Å². The topological polar surface area (TPSA) is 28.2 Å². The van der Waals surface area contributed by atoms with Gasteiger partial charge in [-0.2, -0.15) is 0 Å². The van der Waals surface area contributed by atoms with Gasteiger partial charge in [-0.1, -0.05) is 38.2 Å². The number of hydrogen-bond donors (Lipinski definition) is 1. The molecule has 4 rings (SSSR count). The highest BCUT2D eigenvalue weighted by atomic mass is 35.5. The minimum Gasteiger partial charge on any atom is -0.370 e. The lowest BCUT2D eigenvalue weighted by atomic mass is 9.85. The van der Waals surface area contributed by atoms with E-state index in [0.29, 0.717) is 0 Å². The maximum absolute atomic E-state index is 7.10. The molecule has 0 atom stereocenters. The van der Waals surface area contributed by atoms with Crippen molar-refractivity contribution in [1.29, 1.82) is 0 Å². The van der Waals surface area contributed by atoms with Gasteiger partial charge in [0, 0.05) is 35.6 Å². The highest BCUT2D eigenvalue weighted by Crippen LogP contribution is 2.43. The Morgan fingerprint density at radius 2 is 1.73 bits per heavy atom. The number of pyridine rings is 1. The van der Waals surface area contributed by atoms with Crippen LogP contribution in [0.25, 0.3) is 0 Å². The minimum atomic E-state index is -0.260. The van der Waals surface area contributed by atoms with E-state index in [1.54, 1.807) is 0 Å². The van der Waals surface area contributed by atoms with Crippen LogP contribution in [0.2, 0.25) is 0 Å². The van der Waals surface area contributed by atoms with Gasteiger partial charge in [-0.05, 0) is 50.0 Å². The molecular weight excluding hydrogens is 433 g/mol. The molecule has 3 heterocycles. The molecule has 0 bridgehead atoms. The first kappa shape index (κ1) is 23.6. The summed E-state index contributed by atoms with van der Waals surface area (Å²) in [6, 6.07) is 4.44. The third-order valence-corrected chi connectivity index (χ3v) is 7.84. The normalized spacial score (nSPS) is 21.4. The molecule has 1 saturated heterocycles. The molecule has 1 N–H and O–H groups in total. The fraction of sp³-hybridized carbons (Fsp3) is 0.542. The van der Waals surface area contributed by atoms with E-state index >= 15 is 0 Å². The molecule has 30 heavy (non-hydrogen) atoms. The van der Waals surface area contributed by atoms with Crippen LogP contribution in [0.5, 0.6) is 0 Å². The average molecular weight is 467 g/mol. The molecule has 1 saturated carbocycles. The number of aromatic nitrogens is 1. The Morgan fingerprint density at radius 3 is 2.43 bits per heavy atom. The van der Waals surface area contributed by atoms with Crippen molar-refractivity contribution in [3.8, 4) is 0 Å². The van der Waals surface area contributed by atoms with Crippen LogP contribution in [0.4, 0.5) is 5.69 Å². The number of allylic oxidation sites excluding steroid dienone is 4. The molecule has 0 unspecified atom stereocenters. The van der Waals surface area contributed by atoms with Gasteiger partial charge in [0.05, 0.1) is 22.5 Å². The quantitative estimate of drug-likeness (QED) is 0.476. The number of nitrogens with zero attached hydrogens (tertiary/aromatic N) is 2. The van der Waals surface area contributed by atoms with Crippen LogP contribution >= 0.6 is 35.8 Å². The smallest absolute Gasteiger partial charge is 0.0855 e. The summed E-state index contributed by atoms with van der Waals surface area (Å²) in [4.78, 5) is 8.24. The molecule has 0 radical (unpaired) electrons. The number of anilines is 1. The zero-order valence-electron chi connectivity index (χ0n) is 17.6. The summed E-state index contributed by atoms with van der Waals surface area (Å²) in [7, 11) is 0. The minimum absolute atomic E-state index is 0. The van der Waals surface area contributed by atoms with Crippen LogP contribution in [0, 0.1) is 0 Å². The number of rotatable bonds is 5. The molecule has 6 heteroatoms. The van der Waals surface area contributed by atoms with Gasteiger partial charge in [0.2, 0.25) is 0 Å². The Hall–Kier alpha value is -1.10. The lowest BCUT2D eigenvalue weighted by Crippen LogP contribution is -2.34. The van der Waals surface area contributed by atoms with Gasteiger partial charge in [-0.15, -0.1) is 35.8 Å². The number of thioether (sulfide) groups is 1. The van der Waals surface area contributed by atoms with E-state index in [4.69, 9.17) is 16.6 Å². The Morgan fingerprint density at radius 1 is 1.00 bits per heavy atom. The van der Waals surface area contributed by atoms with E-state index in [9.17, 15) is 0 Å². The maximum atomic E-state index is 7.10. The van der Waals surface area contributed by atoms with Crippen molar-refractivity contribution in [1.82, 2.24) is 10.3 Å². The molecule has 2 aliphatic heterocycles. The van der Waals surface area contributed by atoms with Gasteiger partial charge < -0.3 is 10.2 Å². The molecule has 1 aliphatic carbocycles. The summed E-state index contributed by atoms with van der Waals surface area (Å²) in [6.07, 6.45) is 21.5. The molecule has 0 amide bonds. The van der Waals surface area contributed by atoms with E-state index in [1.165, 1.54) is 61.2 Å². The first-order valence-corrected chi connectivity index (χ1v) is 12.5. The third kappa shape index (κ3) is 5.99. The lowest BCUT2D eigenvalue weighted by Gasteiger charge is -2.34. The number of hydrogen-bond acceptors (Lipinski definition) is 4. The monoisotopic (exact) mass is 465 g/mol. The van der Waals surface area contributed by atoms with Crippen LogP contribution in [0.15, 0.2) is 53.4 Å². The summed E-state index contributed by atoms with van der Waals surface area (Å²) in [5.74, 6) is 0.859. The van der Waals surface area contributed by atoms with Crippen LogP contribution in [-0.2, 0) is 5.75 Å². The molecule has 3 nitrogen and oxygen atoms in total. The molecule has 164 valence electrons. The standard InChI is InChI=1S/C24H32ClN3S.ClH/c25-24(13-5-3-6-14-24)23-22(10-4-7-15-26-23)29-19-20-11-12-21(18-27-20)28-16-8-1-2-9-17-28;/h4,7,10-12,15,18,26H,1-3,5-6,8-9,13-14,16-17,19H2;1H. The molecule has 2 fully saturated rings. The van der Waals surface area contributed by atoms with Crippen molar-refractivity contribution in [3.05, 3.63) is 59.1 Å². The number of halogens is 2. The molecule has 3 aliphatic rings. The Kier molecular flexibility index (Phi) is 9.03. The SMILES string of the molecule is Cl.ClC1(C2=C(SCc3ccc(N4CCCCCC4)cn3)C=CC=CN2)CCCCC1. The Balaban J connectivity index is 0.00000256. The molecule has 1 aromatic heterocycles. The largest absolute Gasteiger partial charge is 0.370 e. The van der Waals surface area contributed by atoms with E-state index in [-0.39, 0.29) is 17.3 Å². The average Bonchev–Trinajstić information content (AvgIpc) is 3.17. The van der Waals surface area contributed by atoms with Gasteiger partial charge >= 0.3 is 0 Å². The lowest BCUT2D eigenvalue weighted by molar-refractivity contribution is 0.420. The fourth-order valence-electron chi connectivity index (χ4n) is 4.49. The fourth-order valence-corrected chi connectivity index (χ4v) is 6.01. The Bertz CT molecular complexity index is 759. The van der Waals surface area contributed by atoms with E-state index in [2.05, 4.69) is 40.7 Å². The molecule has 0 aromatic carbocycles. The zero-order chi connectivity index (χ0) is 19.9. The highest BCUT2D eigenvalue weighted by Gasteiger charge is 2.35. The second-order valence-electron chi connectivity index (χ2n) is 8.33. The first-order chi connectivity index (χ1) is 14.2. The maximum Gasteiger partial charge on any atom is 0.0855 e. The first-order valence-electron chi connectivity index (χ1n) is 11.1. The number of alkyl halides is 1. The van der Waals surface area contributed by atoms with E-state index in [1.807, 2.05) is 24.0 Å². The molecular formula is C24H33Cl2N3S. The second-order valence-corrected chi connectivity index (χ2v) is 10.1.